The maximum Gasteiger partial charge on any atom is 1.00 e. The summed E-state index contributed by atoms with van der Waals surface area (Å²) >= 11 is 0. The third kappa shape index (κ3) is 3.95. The zero-order valence-corrected chi connectivity index (χ0v) is 12.3. The minimum atomic E-state index is -4.53. The van der Waals surface area contributed by atoms with Gasteiger partial charge in [0.05, 0.1) is 4.90 Å². The van der Waals surface area contributed by atoms with E-state index in [9.17, 15) is 17.8 Å². The molecule has 15 heavy (non-hydrogen) atoms. The van der Waals surface area contributed by atoms with Crippen molar-refractivity contribution < 1.29 is 69.1 Å². The number of hydrogen-bond acceptors (Lipinski definition) is 5. The summed E-state index contributed by atoms with van der Waals surface area (Å²) < 4.78 is 31.8. The van der Waals surface area contributed by atoms with Crippen LogP contribution in [0.15, 0.2) is 23.1 Å². The van der Waals surface area contributed by atoms with Crippen molar-refractivity contribution in [2.45, 2.75) is 11.8 Å². The second-order valence-corrected chi connectivity index (χ2v) is 4.14. The van der Waals surface area contributed by atoms with Crippen molar-refractivity contribution in [1.29, 1.82) is 0 Å². The number of ketones is 1. The van der Waals surface area contributed by atoms with E-state index in [1.807, 2.05) is 0 Å². The van der Waals surface area contributed by atoms with Gasteiger partial charge in [-0.1, -0.05) is 0 Å². The van der Waals surface area contributed by atoms with Gasteiger partial charge in [-0.15, -0.1) is 0 Å². The summed E-state index contributed by atoms with van der Waals surface area (Å²) in [6, 6.07) is 3.28. The van der Waals surface area contributed by atoms with Crippen LogP contribution in [0.3, 0.4) is 0 Å². The molecule has 0 heterocycles. The topological polar surface area (TPSA) is 100 Å². The number of hydrogen-bond donors (Lipinski definition) is 1. The van der Waals surface area contributed by atoms with E-state index in [0.29, 0.717) is 0 Å². The number of benzene rings is 1. The summed E-state index contributed by atoms with van der Waals surface area (Å²) in [5.41, 5.74) is 5.62. The molecule has 2 N–H and O–H groups in total. The summed E-state index contributed by atoms with van der Waals surface area (Å²) in [5.74, 6) is -0.381. The molecular formula is C8H8KNO4S. The second kappa shape index (κ2) is 5.53. The first kappa shape index (κ1) is 15.2. The third-order valence-corrected chi connectivity index (χ3v) is 2.52. The van der Waals surface area contributed by atoms with Gasteiger partial charge in [-0.3, -0.25) is 4.79 Å². The molecule has 0 spiro atoms. The van der Waals surface area contributed by atoms with Gasteiger partial charge in [0, 0.05) is 11.3 Å². The summed E-state index contributed by atoms with van der Waals surface area (Å²) in [4.78, 5) is 10.5. The fourth-order valence-electron chi connectivity index (χ4n) is 0.996. The zero-order chi connectivity index (χ0) is 10.9. The Kier molecular flexibility index (Phi) is 5.62. The number of nitrogens with two attached hydrogens (primary N) is 1. The van der Waals surface area contributed by atoms with E-state index in [0.717, 1.165) is 12.1 Å². The molecule has 0 saturated heterocycles. The molecule has 5 nitrogen and oxygen atoms in total. The largest absolute Gasteiger partial charge is 1.00 e. The van der Waals surface area contributed by atoms with Gasteiger partial charge in [0.25, 0.3) is 0 Å². The molecule has 0 unspecified atom stereocenters. The number of rotatable bonds is 2. The number of nitrogen functional groups attached to an aromatic ring is 1. The maximum absolute atomic E-state index is 11.0. The Balaban J connectivity index is 0.00000196. The van der Waals surface area contributed by atoms with Gasteiger partial charge < -0.3 is 10.3 Å². The Morgan fingerprint density at radius 3 is 2.33 bits per heavy atom. The van der Waals surface area contributed by atoms with E-state index < -0.39 is 15.0 Å². The molecular weight excluding hydrogens is 245 g/mol. The molecule has 0 aromatic heterocycles. The van der Waals surface area contributed by atoms with Gasteiger partial charge in [-0.05, 0) is 25.1 Å². The van der Waals surface area contributed by atoms with E-state index in [-0.39, 0.29) is 68.4 Å². The molecule has 1 aromatic rings. The quantitative estimate of drug-likeness (QED) is 0.269. The van der Waals surface area contributed by atoms with Crippen LogP contribution in [0.25, 0.3) is 0 Å². The van der Waals surface area contributed by atoms with Crippen molar-refractivity contribution in [2.75, 3.05) is 5.73 Å². The summed E-state index contributed by atoms with van der Waals surface area (Å²) in [6.45, 7) is 1.24. The average molecular weight is 253 g/mol. The first-order chi connectivity index (χ1) is 6.32. The molecule has 0 aliphatic heterocycles. The van der Waals surface area contributed by atoms with E-state index in [4.69, 9.17) is 5.73 Å². The molecule has 76 valence electrons. The fourth-order valence-corrected chi connectivity index (χ4v) is 1.49. The molecule has 0 amide bonds. The molecule has 0 saturated carbocycles. The van der Waals surface area contributed by atoms with Crippen molar-refractivity contribution in [1.82, 2.24) is 0 Å². The minimum absolute atomic E-state index is 0. The molecule has 0 aliphatic rings. The monoisotopic (exact) mass is 253 g/mol. The van der Waals surface area contributed by atoms with Crippen molar-refractivity contribution >= 4 is 21.6 Å². The van der Waals surface area contributed by atoms with Crippen LogP contribution in [0, 0.1) is 0 Å². The fraction of sp³-hybridized carbons (Fsp3) is 0.125. The number of carbonyl (C=O) groups is 1. The smallest absolute Gasteiger partial charge is 0.744 e. The summed E-state index contributed by atoms with van der Waals surface area (Å²) in [5, 5.41) is 0. The predicted octanol–water partition coefficient (Wildman–Crippen LogP) is -2.62. The van der Waals surface area contributed by atoms with E-state index in [1.165, 1.54) is 13.0 Å². The molecule has 0 atom stereocenters. The summed E-state index contributed by atoms with van der Waals surface area (Å²) in [7, 11) is -4.53. The average Bonchev–Trinajstić information content (AvgIpc) is 2.02. The SMILES string of the molecule is CC(=O)c1cc(S(=O)(=O)[O-])ccc1N.[K+]. The molecule has 0 bridgehead atoms. The van der Waals surface area contributed by atoms with Gasteiger partial charge in [0.15, 0.2) is 5.78 Å². The van der Waals surface area contributed by atoms with Crippen LogP contribution in [-0.2, 0) is 10.1 Å². The van der Waals surface area contributed by atoms with Gasteiger partial charge in [-0.25, -0.2) is 8.42 Å². The molecule has 0 aliphatic carbocycles. The molecule has 7 heteroatoms. The van der Waals surface area contributed by atoms with Crippen LogP contribution in [0.4, 0.5) is 5.69 Å². The first-order valence-corrected chi connectivity index (χ1v) is 5.09. The second-order valence-electron chi connectivity index (χ2n) is 2.76. The van der Waals surface area contributed by atoms with Gasteiger partial charge in [-0.2, -0.15) is 0 Å². The van der Waals surface area contributed by atoms with Gasteiger partial charge in [0.1, 0.15) is 10.1 Å². The summed E-state index contributed by atoms with van der Waals surface area (Å²) in [6.07, 6.45) is 0. The van der Waals surface area contributed by atoms with Crippen LogP contribution in [0.5, 0.6) is 0 Å². The van der Waals surface area contributed by atoms with E-state index >= 15 is 0 Å². The Morgan fingerprint density at radius 1 is 1.40 bits per heavy atom. The zero-order valence-electron chi connectivity index (χ0n) is 8.35. The number of carbonyl (C=O) groups excluding carboxylic acids is 1. The number of anilines is 1. The molecule has 1 rings (SSSR count). The van der Waals surface area contributed by atoms with Crippen molar-refractivity contribution in [3.63, 3.8) is 0 Å². The van der Waals surface area contributed by atoms with Crippen molar-refractivity contribution in [2.24, 2.45) is 0 Å². The van der Waals surface area contributed by atoms with Gasteiger partial charge in [0.2, 0.25) is 0 Å². The van der Waals surface area contributed by atoms with E-state index in [1.54, 1.807) is 0 Å². The molecule has 0 radical (unpaired) electrons. The maximum atomic E-state index is 11.0. The van der Waals surface area contributed by atoms with Crippen LogP contribution < -0.4 is 57.1 Å². The Hall–Kier alpha value is 0.236. The molecule has 1 aromatic carbocycles. The van der Waals surface area contributed by atoms with Crippen LogP contribution in [-0.4, -0.2) is 18.8 Å². The normalized spacial score (nSPS) is 10.5. The van der Waals surface area contributed by atoms with E-state index in [2.05, 4.69) is 0 Å². The Labute approximate surface area is 130 Å². The Bertz CT molecular complexity index is 483. The number of Topliss-reactive ketones (excluding diaryl/α,β-unsaturated/α-hetero) is 1. The van der Waals surface area contributed by atoms with Crippen molar-refractivity contribution in [3.8, 4) is 0 Å². The van der Waals surface area contributed by atoms with Crippen LogP contribution in [0.2, 0.25) is 0 Å². The van der Waals surface area contributed by atoms with Gasteiger partial charge >= 0.3 is 51.4 Å². The standard InChI is InChI=1S/C8H9NO4S.K/c1-5(10)7-4-6(14(11,12)13)2-3-8(7)9;/h2-4H,9H2,1H3,(H,11,12,13);/q;+1/p-1. The van der Waals surface area contributed by atoms with Crippen LogP contribution >= 0.6 is 0 Å². The van der Waals surface area contributed by atoms with Crippen LogP contribution in [0.1, 0.15) is 17.3 Å². The third-order valence-electron chi connectivity index (χ3n) is 1.69. The minimum Gasteiger partial charge on any atom is -0.744 e. The Morgan fingerprint density at radius 2 is 1.93 bits per heavy atom. The first-order valence-electron chi connectivity index (χ1n) is 3.68. The predicted molar refractivity (Wildman–Crippen MR) is 48.8 cm³/mol. The van der Waals surface area contributed by atoms with Crippen molar-refractivity contribution in [3.05, 3.63) is 23.8 Å². The molecule has 0 fully saturated rings.